The summed E-state index contributed by atoms with van der Waals surface area (Å²) in [5, 5.41) is 12.9. The molecule has 88 valence electrons. The number of aryl methyl sites for hydroxylation is 1. The molecular weight excluding hydrogens is 352 g/mol. The van der Waals surface area contributed by atoms with E-state index >= 15 is 0 Å². The monoisotopic (exact) mass is 358 g/mol. The number of aromatic nitrogens is 2. The molecule has 2 aromatic rings. The standard InChI is InChI=1S/C11H8Br2N2O2/c1-6-4-10(11(16)17)14-15(6)7-2-3-8(12)9(13)5-7/h2-5H,1H3,(H,16,17). The SMILES string of the molecule is Cc1cc(C(=O)O)nn1-c1ccc(Br)c(Br)c1. The minimum Gasteiger partial charge on any atom is -0.476 e. The van der Waals surface area contributed by atoms with E-state index in [4.69, 9.17) is 5.11 Å². The summed E-state index contributed by atoms with van der Waals surface area (Å²) in [6.45, 7) is 1.81. The van der Waals surface area contributed by atoms with Gasteiger partial charge >= 0.3 is 5.97 Å². The molecule has 0 spiro atoms. The van der Waals surface area contributed by atoms with E-state index in [1.165, 1.54) is 6.07 Å². The van der Waals surface area contributed by atoms with E-state index in [1.54, 1.807) is 4.68 Å². The molecule has 2 rings (SSSR count). The first-order valence-electron chi connectivity index (χ1n) is 4.74. The van der Waals surface area contributed by atoms with Crippen molar-refractivity contribution in [3.63, 3.8) is 0 Å². The third kappa shape index (κ3) is 2.42. The predicted octanol–water partition coefficient (Wildman–Crippen LogP) is 3.40. The summed E-state index contributed by atoms with van der Waals surface area (Å²) < 4.78 is 3.42. The molecule has 17 heavy (non-hydrogen) atoms. The van der Waals surface area contributed by atoms with E-state index in [0.717, 1.165) is 20.3 Å². The number of hydrogen-bond acceptors (Lipinski definition) is 2. The molecule has 0 aliphatic heterocycles. The third-order valence-electron chi connectivity index (χ3n) is 2.25. The van der Waals surface area contributed by atoms with Crippen LogP contribution in [0.5, 0.6) is 0 Å². The molecule has 0 saturated carbocycles. The summed E-state index contributed by atoms with van der Waals surface area (Å²) in [5.41, 5.74) is 1.63. The first kappa shape index (κ1) is 12.3. The highest BCUT2D eigenvalue weighted by Crippen LogP contribution is 2.25. The maximum atomic E-state index is 10.8. The normalized spacial score (nSPS) is 10.5. The molecule has 6 heteroatoms. The second-order valence-corrected chi connectivity index (χ2v) is 5.20. The van der Waals surface area contributed by atoms with Crippen LogP contribution in [-0.2, 0) is 0 Å². The van der Waals surface area contributed by atoms with Crippen LogP contribution in [-0.4, -0.2) is 20.9 Å². The van der Waals surface area contributed by atoms with Crippen molar-refractivity contribution < 1.29 is 9.90 Å². The Bertz CT molecular complexity index is 593. The number of rotatable bonds is 2. The number of aromatic carboxylic acids is 1. The zero-order valence-electron chi connectivity index (χ0n) is 8.82. The number of benzene rings is 1. The maximum absolute atomic E-state index is 10.8. The van der Waals surface area contributed by atoms with Crippen LogP contribution in [0.25, 0.3) is 5.69 Å². The number of halogens is 2. The van der Waals surface area contributed by atoms with Gasteiger partial charge in [-0.15, -0.1) is 0 Å². The fourth-order valence-corrected chi connectivity index (χ4v) is 2.07. The van der Waals surface area contributed by atoms with Gasteiger partial charge in [0.25, 0.3) is 0 Å². The van der Waals surface area contributed by atoms with Gasteiger partial charge in [-0.05, 0) is 63.0 Å². The van der Waals surface area contributed by atoms with Crippen molar-refractivity contribution in [3.8, 4) is 5.69 Å². The summed E-state index contributed by atoms with van der Waals surface area (Å²) in [7, 11) is 0. The molecule has 0 aliphatic rings. The third-order valence-corrected chi connectivity index (χ3v) is 4.13. The van der Waals surface area contributed by atoms with Crippen molar-refractivity contribution in [1.82, 2.24) is 9.78 Å². The summed E-state index contributed by atoms with van der Waals surface area (Å²) in [6, 6.07) is 7.15. The Hall–Kier alpha value is -1.14. The lowest BCUT2D eigenvalue weighted by molar-refractivity contribution is 0.0690. The van der Waals surface area contributed by atoms with E-state index in [0.29, 0.717) is 0 Å². The van der Waals surface area contributed by atoms with Gasteiger partial charge in [-0.3, -0.25) is 0 Å². The Morgan fingerprint density at radius 1 is 1.29 bits per heavy atom. The molecule has 1 N–H and O–H groups in total. The molecule has 0 unspecified atom stereocenters. The van der Waals surface area contributed by atoms with Gasteiger partial charge in [0.2, 0.25) is 0 Å². The highest BCUT2D eigenvalue weighted by atomic mass is 79.9. The first-order chi connectivity index (χ1) is 7.99. The van der Waals surface area contributed by atoms with Crippen LogP contribution in [0.1, 0.15) is 16.2 Å². The van der Waals surface area contributed by atoms with E-state index < -0.39 is 5.97 Å². The van der Waals surface area contributed by atoms with Gasteiger partial charge in [-0.25, -0.2) is 9.48 Å². The average molecular weight is 360 g/mol. The molecular formula is C11H8Br2N2O2. The lowest BCUT2D eigenvalue weighted by atomic mass is 10.3. The van der Waals surface area contributed by atoms with Gasteiger partial charge in [0.15, 0.2) is 5.69 Å². The predicted molar refractivity (Wildman–Crippen MR) is 70.7 cm³/mol. The molecule has 0 aliphatic carbocycles. The van der Waals surface area contributed by atoms with Gasteiger partial charge in [0.1, 0.15) is 0 Å². The number of nitrogens with zero attached hydrogens (tertiary/aromatic N) is 2. The highest BCUT2D eigenvalue weighted by Gasteiger charge is 2.12. The Labute approximate surface area is 115 Å². The topological polar surface area (TPSA) is 55.1 Å². The lowest BCUT2D eigenvalue weighted by Crippen LogP contribution is -2.02. The second kappa shape index (κ2) is 4.62. The minimum absolute atomic E-state index is 0.0431. The lowest BCUT2D eigenvalue weighted by Gasteiger charge is -2.05. The van der Waals surface area contributed by atoms with Gasteiger partial charge in [0, 0.05) is 14.6 Å². The van der Waals surface area contributed by atoms with E-state index in [2.05, 4.69) is 37.0 Å². The molecule has 0 bridgehead atoms. The number of hydrogen-bond donors (Lipinski definition) is 1. The minimum atomic E-state index is -1.02. The summed E-state index contributed by atoms with van der Waals surface area (Å²) >= 11 is 6.78. The van der Waals surface area contributed by atoms with Crippen molar-refractivity contribution in [2.75, 3.05) is 0 Å². The van der Waals surface area contributed by atoms with Gasteiger partial charge in [-0.1, -0.05) is 0 Å². The Balaban J connectivity index is 2.52. The highest BCUT2D eigenvalue weighted by molar-refractivity contribution is 9.13. The average Bonchev–Trinajstić information content (AvgIpc) is 2.65. The fourth-order valence-electron chi connectivity index (χ4n) is 1.46. The molecule has 1 aromatic heterocycles. The van der Waals surface area contributed by atoms with Crippen LogP contribution in [0, 0.1) is 6.92 Å². The molecule has 0 saturated heterocycles. The number of carboxylic acids is 1. The fraction of sp³-hybridized carbons (Fsp3) is 0.0909. The second-order valence-electron chi connectivity index (χ2n) is 3.49. The van der Waals surface area contributed by atoms with Crippen molar-refractivity contribution in [1.29, 1.82) is 0 Å². The van der Waals surface area contributed by atoms with E-state index in [9.17, 15) is 4.79 Å². The molecule has 0 fully saturated rings. The van der Waals surface area contributed by atoms with Crippen LogP contribution in [0.15, 0.2) is 33.2 Å². The number of carboxylic acid groups (broad SMARTS) is 1. The quantitative estimate of drug-likeness (QED) is 0.893. The van der Waals surface area contributed by atoms with E-state index in [1.807, 2.05) is 25.1 Å². The maximum Gasteiger partial charge on any atom is 0.356 e. The Morgan fingerprint density at radius 2 is 2.00 bits per heavy atom. The Kier molecular flexibility index (Phi) is 3.35. The van der Waals surface area contributed by atoms with Crippen LogP contribution >= 0.6 is 31.9 Å². The zero-order chi connectivity index (χ0) is 12.6. The van der Waals surface area contributed by atoms with Crippen molar-refractivity contribution in [3.05, 3.63) is 44.6 Å². The summed E-state index contributed by atoms with van der Waals surface area (Å²) in [5.74, 6) is -1.02. The van der Waals surface area contributed by atoms with Crippen molar-refractivity contribution >= 4 is 37.8 Å². The molecule has 4 nitrogen and oxygen atoms in total. The molecule has 0 amide bonds. The summed E-state index contributed by atoms with van der Waals surface area (Å²) in [4.78, 5) is 10.8. The van der Waals surface area contributed by atoms with E-state index in [-0.39, 0.29) is 5.69 Å². The van der Waals surface area contributed by atoms with Gasteiger partial charge in [-0.2, -0.15) is 5.10 Å². The molecule has 0 radical (unpaired) electrons. The van der Waals surface area contributed by atoms with Gasteiger partial charge < -0.3 is 5.11 Å². The first-order valence-corrected chi connectivity index (χ1v) is 6.33. The van der Waals surface area contributed by atoms with Crippen molar-refractivity contribution in [2.45, 2.75) is 6.92 Å². The molecule has 1 heterocycles. The summed E-state index contributed by atoms with van der Waals surface area (Å²) in [6.07, 6.45) is 0. The molecule has 1 aromatic carbocycles. The number of carbonyl (C=O) groups is 1. The Morgan fingerprint density at radius 3 is 2.53 bits per heavy atom. The van der Waals surface area contributed by atoms with Crippen LogP contribution in [0.3, 0.4) is 0 Å². The van der Waals surface area contributed by atoms with Crippen molar-refractivity contribution in [2.24, 2.45) is 0 Å². The molecule has 0 atom stereocenters. The largest absolute Gasteiger partial charge is 0.476 e. The smallest absolute Gasteiger partial charge is 0.356 e. The van der Waals surface area contributed by atoms with Gasteiger partial charge in [0.05, 0.1) is 5.69 Å². The van der Waals surface area contributed by atoms with Crippen LogP contribution in [0.4, 0.5) is 0 Å². The van der Waals surface area contributed by atoms with Crippen LogP contribution in [0.2, 0.25) is 0 Å². The van der Waals surface area contributed by atoms with Crippen LogP contribution < -0.4 is 0 Å². The zero-order valence-corrected chi connectivity index (χ0v) is 12.0.